The number of aromatic amines is 1. The molecule has 0 radical (unpaired) electrons. The molecule has 2 aromatic carbocycles. The van der Waals surface area contributed by atoms with Crippen LogP contribution in [-0.2, 0) is 11.2 Å². The third-order valence-corrected chi connectivity index (χ3v) is 5.10. The lowest BCUT2D eigenvalue weighted by Gasteiger charge is -2.17. The van der Waals surface area contributed by atoms with Crippen molar-refractivity contribution in [2.45, 2.75) is 30.2 Å². The number of thioether (sulfide) groups is 1. The van der Waals surface area contributed by atoms with Gasteiger partial charge in [-0.3, -0.25) is 9.59 Å². The van der Waals surface area contributed by atoms with Crippen molar-refractivity contribution in [1.82, 2.24) is 9.97 Å². The Bertz CT molecular complexity index is 991. The number of aromatic nitrogens is 2. The number of aryl methyl sites for hydroxylation is 1. The summed E-state index contributed by atoms with van der Waals surface area (Å²) in [5.41, 5.74) is 1.72. The molecule has 0 aliphatic carbocycles. The molecule has 144 valence electrons. The smallest absolute Gasteiger partial charge is 0.251 e. The van der Waals surface area contributed by atoms with Crippen LogP contribution < -0.4 is 10.9 Å². The molecule has 5 nitrogen and oxygen atoms in total. The van der Waals surface area contributed by atoms with Crippen molar-refractivity contribution < 1.29 is 9.18 Å². The third-order valence-electron chi connectivity index (χ3n) is 3.96. The molecule has 0 unspecified atom stereocenters. The first-order valence-electron chi connectivity index (χ1n) is 8.93. The van der Waals surface area contributed by atoms with Crippen LogP contribution in [0.2, 0.25) is 0 Å². The molecule has 0 saturated heterocycles. The van der Waals surface area contributed by atoms with E-state index in [1.165, 1.54) is 42.1 Å². The number of amides is 1. The quantitative estimate of drug-likeness (QED) is 0.460. The summed E-state index contributed by atoms with van der Waals surface area (Å²) in [6, 6.07) is 16.3. The van der Waals surface area contributed by atoms with Crippen LogP contribution in [-0.4, -0.2) is 15.9 Å². The molecular weight excluding hydrogens is 377 g/mol. The maximum Gasteiger partial charge on any atom is 0.251 e. The summed E-state index contributed by atoms with van der Waals surface area (Å²) < 4.78 is 13.1. The van der Waals surface area contributed by atoms with Gasteiger partial charge >= 0.3 is 0 Å². The van der Waals surface area contributed by atoms with Crippen molar-refractivity contribution >= 4 is 23.4 Å². The standard InChI is InChI=1S/C21H20FN3O2S/c1-2-6-17-13-18(26)25-21(24-17)28-19(14-7-4-3-5-8-14)20(27)23-16-11-9-15(22)10-12-16/h3-5,7-13,19H,2,6H2,1H3,(H,23,27)(H,24,25,26)/t19-/m0/s1. The van der Waals surface area contributed by atoms with Crippen LogP contribution in [0.15, 0.2) is 70.6 Å². The van der Waals surface area contributed by atoms with E-state index in [1.807, 2.05) is 37.3 Å². The Labute approximate surface area is 166 Å². The van der Waals surface area contributed by atoms with Crippen molar-refractivity contribution in [2.75, 3.05) is 5.32 Å². The number of carbonyl (C=O) groups excluding carboxylic acids is 1. The van der Waals surface area contributed by atoms with Crippen LogP contribution in [0.1, 0.15) is 29.9 Å². The summed E-state index contributed by atoms with van der Waals surface area (Å²) in [6.07, 6.45) is 1.56. The van der Waals surface area contributed by atoms with Crippen molar-refractivity contribution in [1.29, 1.82) is 0 Å². The number of hydrogen-bond acceptors (Lipinski definition) is 4. The third kappa shape index (κ3) is 5.29. The Kier molecular flexibility index (Phi) is 6.60. The predicted octanol–water partition coefficient (Wildman–Crippen LogP) is 4.33. The zero-order valence-electron chi connectivity index (χ0n) is 15.3. The van der Waals surface area contributed by atoms with Gasteiger partial charge in [-0.05, 0) is 36.2 Å². The van der Waals surface area contributed by atoms with Gasteiger partial charge in [-0.15, -0.1) is 0 Å². The maximum absolute atomic E-state index is 13.1. The maximum atomic E-state index is 13.1. The molecular formula is C21H20FN3O2S. The van der Waals surface area contributed by atoms with Gasteiger partial charge in [-0.1, -0.05) is 55.4 Å². The Hall–Kier alpha value is -2.93. The molecule has 7 heteroatoms. The number of nitrogens with one attached hydrogen (secondary N) is 2. The molecule has 2 N–H and O–H groups in total. The Balaban J connectivity index is 1.88. The summed E-state index contributed by atoms with van der Waals surface area (Å²) in [6.45, 7) is 2.01. The Morgan fingerprint density at radius 2 is 1.89 bits per heavy atom. The van der Waals surface area contributed by atoms with Crippen molar-refractivity contribution in [2.24, 2.45) is 0 Å². The molecule has 1 atom stereocenters. The van der Waals surface area contributed by atoms with Gasteiger partial charge in [-0.25, -0.2) is 9.37 Å². The monoisotopic (exact) mass is 397 g/mol. The molecule has 3 rings (SSSR count). The van der Waals surface area contributed by atoms with Gasteiger partial charge < -0.3 is 10.3 Å². The highest BCUT2D eigenvalue weighted by molar-refractivity contribution is 8.00. The van der Waals surface area contributed by atoms with E-state index < -0.39 is 5.25 Å². The highest BCUT2D eigenvalue weighted by atomic mass is 32.2. The summed E-state index contributed by atoms with van der Waals surface area (Å²) >= 11 is 1.17. The number of nitrogens with zero attached hydrogens (tertiary/aromatic N) is 1. The van der Waals surface area contributed by atoms with Crippen LogP contribution in [0, 0.1) is 5.82 Å². The van der Waals surface area contributed by atoms with E-state index in [-0.39, 0.29) is 17.3 Å². The number of anilines is 1. The molecule has 0 aliphatic heterocycles. The molecule has 0 fully saturated rings. The molecule has 28 heavy (non-hydrogen) atoms. The summed E-state index contributed by atoms with van der Waals surface area (Å²) in [4.78, 5) is 32.1. The first-order chi connectivity index (χ1) is 13.5. The van der Waals surface area contributed by atoms with Crippen molar-refractivity contribution in [3.63, 3.8) is 0 Å². The predicted molar refractivity (Wildman–Crippen MR) is 109 cm³/mol. The van der Waals surface area contributed by atoms with Crippen LogP contribution >= 0.6 is 11.8 Å². The second kappa shape index (κ2) is 9.32. The normalized spacial score (nSPS) is 11.8. The summed E-state index contributed by atoms with van der Waals surface area (Å²) in [5.74, 6) is -0.659. The molecule has 3 aromatic rings. The molecule has 1 aromatic heterocycles. The van der Waals surface area contributed by atoms with Crippen LogP contribution in [0.4, 0.5) is 10.1 Å². The fraction of sp³-hybridized carbons (Fsp3) is 0.190. The molecule has 1 amide bonds. The average molecular weight is 397 g/mol. The second-order valence-corrected chi connectivity index (χ2v) is 7.29. The minimum atomic E-state index is -0.633. The molecule has 0 saturated carbocycles. The SMILES string of the molecule is CCCc1cc(=O)[nH]c(S[C@H](C(=O)Nc2ccc(F)cc2)c2ccccc2)n1. The van der Waals surface area contributed by atoms with E-state index in [0.717, 1.165) is 12.0 Å². The number of rotatable bonds is 7. The zero-order chi connectivity index (χ0) is 19.9. The minimum Gasteiger partial charge on any atom is -0.325 e. The van der Waals surface area contributed by atoms with E-state index in [4.69, 9.17) is 0 Å². The minimum absolute atomic E-state index is 0.244. The van der Waals surface area contributed by atoms with E-state index in [1.54, 1.807) is 0 Å². The van der Waals surface area contributed by atoms with Crippen molar-refractivity contribution in [3.8, 4) is 0 Å². The topological polar surface area (TPSA) is 74.8 Å². The number of halogens is 1. The summed E-state index contributed by atoms with van der Waals surface area (Å²) in [7, 11) is 0. The number of H-pyrrole nitrogens is 1. The lowest BCUT2D eigenvalue weighted by atomic mass is 10.1. The first kappa shape index (κ1) is 19.8. The zero-order valence-corrected chi connectivity index (χ0v) is 16.1. The second-order valence-electron chi connectivity index (χ2n) is 6.20. The van der Waals surface area contributed by atoms with E-state index in [2.05, 4.69) is 15.3 Å². The fourth-order valence-electron chi connectivity index (χ4n) is 2.68. The first-order valence-corrected chi connectivity index (χ1v) is 9.81. The van der Waals surface area contributed by atoms with Gasteiger partial charge in [0.25, 0.3) is 5.56 Å². The summed E-state index contributed by atoms with van der Waals surface area (Å²) in [5, 5.41) is 2.55. The van der Waals surface area contributed by atoms with Crippen LogP contribution in [0.25, 0.3) is 0 Å². The van der Waals surface area contributed by atoms with Gasteiger partial charge in [0.2, 0.25) is 5.91 Å². The molecule has 1 heterocycles. The van der Waals surface area contributed by atoms with Gasteiger partial charge in [0.15, 0.2) is 5.16 Å². The van der Waals surface area contributed by atoms with Gasteiger partial charge in [-0.2, -0.15) is 0 Å². The van der Waals surface area contributed by atoms with Crippen molar-refractivity contribution in [3.05, 3.63) is 88.1 Å². The highest BCUT2D eigenvalue weighted by Gasteiger charge is 2.23. The van der Waals surface area contributed by atoms with E-state index in [0.29, 0.717) is 23.0 Å². The van der Waals surface area contributed by atoms with E-state index in [9.17, 15) is 14.0 Å². The van der Waals surface area contributed by atoms with Crippen LogP contribution in [0.3, 0.4) is 0 Å². The van der Waals surface area contributed by atoms with Gasteiger partial charge in [0, 0.05) is 17.4 Å². The lowest BCUT2D eigenvalue weighted by molar-refractivity contribution is -0.115. The largest absolute Gasteiger partial charge is 0.325 e. The highest BCUT2D eigenvalue weighted by Crippen LogP contribution is 2.34. The molecule has 0 aliphatic rings. The van der Waals surface area contributed by atoms with Crippen LogP contribution in [0.5, 0.6) is 0 Å². The number of benzene rings is 2. The number of hydrogen-bond donors (Lipinski definition) is 2. The molecule has 0 bridgehead atoms. The van der Waals surface area contributed by atoms with E-state index >= 15 is 0 Å². The average Bonchev–Trinajstić information content (AvgIpc) is 2.68. The lowest BCUT2D eigenvalue weighted by Crippen LogP contribution is -2.20. The Morgan fingerprint density at radius 3 is 2.57 bits per heavy atom. The van der Waals surface area contributed by atoms with Gasteiger partial charge in [0.1, 0.15) is 11.1 Å². The van der Waals surface area contributed by atoms with Gasteiger partial charge in [0.05, 0.1) is 0 Å². The number of carbonyl (C=O) groups is 1. The Morgan fingerprint density at radius 1 is 1.18 bits per heavy atom. The fourth-order valence-corrected chi connectivity index (χ4v) is 3.69. The molecule has 0 spiro atoms.